The van der Waals surface area contributed by atoms with Crippen LogP contribution in [0.4, 0.5) is 0 Å². The number of aliphatic hydroxyl groups is 4. The van der Waals surface area contributed by atoms with Gasteiger partial charge in [-0.25, -0.2) is 9.13 Å². The van der Waals surface area contributed by atoms with Gasteiger partial charge in [-0.05, 0) is 31.2 Å². The fraction of sp³-hybridized carbons (Fsp3) is 0.733. The molecule has 19 nitrogen and oxygen atoms in total. The van der Waals surface area contributed by atoms with Crippen molar-refractivity contribution in [2.45, 2.75) is 256 Å². The largest absolute Gasteiger partial charge is 0.475 e. The summed E-state index contributed by atoms with van der Waals surface area (Å²) in [6.45, 7) is 2.72. The van der Waals surface area contributed by atoms with Crippen molar-refractivity contribution in [2.24, 2.45) is 0 Å². The third kappa shape index (κ3) is 31.9. The molecule has 81 heavy (non-hydrogen) atoms. The Morgan fingerprint density at radius 1 is 0.506 bits per heavy atom. The minimum Gasteiger partial charge on any atom is -0.462 e. The van der Waals surface area contributed by atoms with Crippen LogP contribution < -0.4 is 5.32 Å². The maximum absolute atomic E-state index is 14.5. The lowest BCUT2D eigenvalue weighted by atomic mass is 9.85. The molecule has 1 aliphatic rings. The fourth-order valence-electron chi connectivity index (χ4n) is 9.61. The second-order valence-electron chi connectivity index (χ2n) is 21.5. The zero-order valence-corrected chi connectivity index (χ0v) is 50.3. The second-order valence-corrected chi connectivity index (χ2v) is 24.4. The molecular formula is C60H99NO18P2. The van der Waals surface area contributed by atoms with Crippen molar-refractivity contribution in [3.8, 4) is 0 Å². The summed E-state index contributed by atoms with van der Waals surface area (Å²) in [6, 6.07) is 15.8. The summed E-state index contributed by atoms with van der Waals surface area (Å²) in [5.41, 5.74) is 1.89. The summed E-state index contributed by atoms with van der Waals surface area (Å²) in [6.07, 6.45) is 14.9. The Bertz CT molecular complexity index is 2100. The first-order valence-electron chi connectivity index (χ1n) is 30.3. The van der Waals surface area contributed by atoms with E-state index in [1.54, 1.807) is 48.5 Å². The van der Waals surface area contributed by atoms with Gasteiger partial charge in [0.1, 0.15) is 43.2 Å². The summed E-state index contributed by atoms with van der Waals surface area (Å²) >= 11 is 0. The molecular weight excluding hydrogens is 1080 g/mol. The Morgan fingerprint density at radius 3 is 1.41 bits per heavy atom. The summed E-state index contributed by atoms with van der Waals surface area (Å²) in [5.74, 6) is -1.64. The predicted molar refractivity (Wildman–Crippen MR) is 309 cm³/mol. The number of nitrogens with one attached hydrogen (secondary N) is 1. The van der Waals surface area contributed by atoms with E-state index in [1.807, 2.05) is 6.07 Å². The number of phosphoric ester groups is 2. The standard InChI is InChI=1S/C60H99NO18P2/c1-3-5-7-9-11-13-15-17-19-21-23-25-30-35-52(63)74-45-50(77-53(64)36-31-26-24-22-20-18-16-14-12-10-8-6-4-2)46-76-81(73,79-60-57(68)55(66)59(56(67)58(60)69)78-80(70,71)72)75-44-32-43-61-51(62)42-39-47-37-40-49(41-38-47)54(65)48-33-28-27-29-34-48/h27-29,33-34,37-38,40-41,50,55-60,66-69H,3-26,30-32,35-36,39,42-46H2,1-2H3,(H,61,62)(H2,70,71,72)/t50-,55-,56+,57+,58+,59?,60?,81?/m0/s1. The van der Waals surface area contributed by atoms with Gasteiger partial charge in [-0.15, -0.1) is 0 Å². The first kappa shape index (κ1) is 71.8. The van der Waals surface area contributed by atoms with Gasteiger partial charge in [0.25, 0.3) is 0 Å². The van der Waals surface area contributed by atoms with Gasteiger partial charge < -0.3 is 45.0 Å². The normalized spacial score (nSPS) is 19.4. The molecule has 0 radical (unpaired) electrons. The SMILES string of the molecule is CCCCCCCCCCCCCCCC(=O)OC[C@@H](COP(=O)(OCCCNC(=O)CCc1ccc(C(=O)c2ccccc2)cc1)OC1[C@H](O)[C@H](O)C(OP(=O)(O)O)[C@H](O)[C@H]1O)OC(=O)CCCCCCCCCCCCCCC. The van der Waals surface area contributed by atoms with Crippen LogP contribution in [0, 0.1) is 0 Å². The Morgan fingerprint density at radius 2 is 0.938 bits per heavy atom. The van der Waals surface area contributed by atoms with Crippen LogP contribution in [-0.4, -0.2) is 123 Å². The number of phosphoric acid groups is 2. The predicted octanol–water partition coefficient (Wildman–Crippen LogP) is 11.2. The Kier molecular flexibility index (Phi) is 37.6. The van der Waals surface area contributed by atoms with Crippen LogP contribution in [0.1, 0.15) is 228 Å². The van der Waals surface area contributed by atoms with Gasteiger partial charge in [-0.1, -0.05) is 223 Å². The van der Waals surface area contributed by atoms with Crippen molar-refractivity contribution < 1.29 is 86.1 Å². The van der Waals surface area contributed by atoms with Crippen molar-refractivity contribution in [1.82, 2.24) is 5.32 Å². The average Bonchev–Trinajstić information content (AvgIpc) is 3.57. The highest BCUT2D eigenvalue weighted by molar-refractivity contribution is 7.48. The molecule has 1 saturated carbocycles. The number of ketones is 1. The van der Waals surface area contributed by atoms with Gasteiger partial charge in [0.05, 0.1) is 13.2 Å². The lowest BCUT2D eigenvalue weighted by molar-refractivity contribution is -0.217. The van der Waals surface area contributed by atoms with Crippen LogP contribution >= 0.6 is 15.6 Å². The molecule has 0 aromatic heterocycles. The highest BCUT2D eigenvalue weighted by atomic mass is 31.2. The maximum Gasteiger partial charge on any atom is 0.475 e. The number of unbranched alkanes of at least 4 members (excludes halogenated alkanes) is 24. The summed E-state index contributed by atoms with van der Waals surface area (Å²) in [5, 5.41) is 46.2. The van der Waals surface area contributed by atoms with E-state index in [0.717, 1.165) is 56.9 Å². The van der Waals surface area contributed by atoms with Crippen molar-refractivity contribution >= 4 is 39.3 Å². The molecule has 0 bridgehead atoms. The van der Waals surface area contributed by atoms with Crippen LogP contribution in [0.3, 0.4) is 0 Å². The minimum absolute atomic E-state index is 0.00544. The van der Waals surface area contributed by atoms with E-state index in [4.69, 9.17) is 23.0 Å². The van der Waals surface area contributed by atoms with E-state index in [0.29, 0.717) is 30.4 Å². The van der Waals surface area contributed by atoms with Crippen molar-refractivity contribution in [2.75, 3.05) is 26.4 Å². The van der Waals surface area contributed by atoms with E-state index in [2.05, 4.69) is 23.7 Å². The molecule has 0 spiro atoms. The van der Waals surface area contributed by atoms with E-state index >= 15 is 0 Å². The summed E-state index contributed by atoms with van der Waals surface area (Å²) in [7, 11) is -10.4. The van der Waals surface area contributed by atoms with Crippen LogP contribution in [0.2, 0.25) is 0 Å². The monoisotopic (exact) mass is 1180 g/mol. The first-order chi connectivity index (χ1) is 39.0. The third-order valence-corrected chi connectivity index (χ3v) is 16.4. The fourth-order valence-corrected chi connectivity index (χ4v) is 11.6. The lowest BCUT2D eigenvalue weighted by Gasteiger charge is -2.43. The highest BCUT2D eigenvalue weighted by Gasteiger charge is 2.54. The topological polar surface area (TPSA) is 291 Å². The van der Waals surface area contributed by atoms with Gasteiger partial charge in [-0.2, -0.15) is 0 Å². The Balaban J connectivity index is 1.62. The van der Waals surface area contributed by atoms with Crippen LogP contribution in [0.25, 0.3) is 0 Å². The molecule has 1 amide bonds. The van der Waals surface area contributed by atoms with Crippen molar-refractivity contribution in [1.29, 1.82) is 0 Å². The number of ether oxygens (including phenoxy) is 2. The third-order valence-electron chi connectivity index (χ3n) is 14.5. The maximum atomic E-state index is 14.5. The van der Waals surface area contributed by atoms with Crippen molar-refractivity contribution in [3.05, 3.63) is 71.3 Å². The molecule has 1 aliphatic carbocycles. The van der Waals surface area contributed by atoms with Gasteiger partial charge in [0.2, 0.25) is 5.91 Å². The van der Waals surface area contributed by atoms with Crippen LogP contribution in [0.5, 0.6) is 0 Å². The first-order valence-corrected chi connectivity index (χ1v) is 33.3. The van der Waals surface area contributed by atoms with E-state index in [-0.39, 0.29) is 43.9 Å². The molecule has 8 atom stereocenters. The molecule has 3 unspecified atom stereocenters. The number of carbonyl (C=O) groups excluding carboxylic acids is 4. The summed E-state index contributed by atoms with van der Waals surface area (Å²) in [4.78, 5) is 70.6. The van der Waals surface area contributed by atoms with Gasteiger partial charge in [0.15, 0.2) is 11.9 Å². The van der Waals surface area contributed by atoms with E-state index in [1.165, 1.54) is 103 Å². The molecule has 2 aromatic rings. The highest BCUT2D eigenvalue weighted by Crippen LogP contribution is 2.53. The number of rotatable bonds is 48. The molecule has 462 valence electrons. The number of benzene rings is 2. The number of amides is 1. The molecule has 0 heterocycles. The lowest BCUT2D eigenvalue weighted by Crippen LogP contribution is -2.64. The molecule has 21 heteroatoms. The second kappa shape index (κ2) is 42.4. The number of aliphatic hydroxyl groups excluding tert-OH is 4. The van der Waals surface area contributed by atoms with E-state index in [9.17, 15) is 58.5 Å². The minimum atomic E-state index is -5.38. The van der Waals surface area contributed by atoms with Crippen LogP contribution in [-0.2, 0) is 57.5 Å². The number of esters is 2. The number of hydrogen-bond acceptors (Lipinski definition) is 16. The van der Waals surface area contributed by atoms with Gasteiger partial charge in [-0.3, -0.25) is 37.3 Å². The number of carbonyl (C=O) groups is 4. The number of hydrogen-bond donors (Lipinski definition) is 7. The zero-order valence-electron chi connectivity index (χ0n) is 48.5. The molecule has 0 saturated heterocycles. The quantitative estimate of drug-likeness (QED) is 0.0140. The van der Waals surface area contributed by atoms with Gasteiger partial charge in [0, 0.05) is 36.9 Å². The van der Waals surface area contributed by atoms with Crippen LogP contribution in [0.15, 0.2) is 54.6 Å². The Hall–Kier alpha value is -3.42. The summed E-state index contributed by atoms with van der Waals surface area (Å²) < 4.78 is 58.6. The molecule has 1 fully saturated rings. The van der Waals surface area contributed by atoms with Crippen molar-refractivity contribution in [3.63, 3.8) is 0 Å². The molecule has 0 aliphatic heterocycles. The van der Waals surface area contributed by atoms with Gasteiger partial charge >= 0.3 is 27.6 Å². The molecule has 3 rings (SSSR count). The van der Waals surface area contributed by atoms with E-state index < -0.39 is 90.1 Å². The molecule has 2 aromatic carbocycles. The zero-order chi connectivity index (χ0) is 59.1. The average molecular weight is 1180 g/mol. The molecule has 7 N–H and O–H groups in total. The smallest absolute Gasteiger partial charge is 0.462 e. The Labute approximate surface area is 482 Å². The number of aryl methyl sites for hydroxylation is 1.